The minimum atomic E-state index is -0.275. The topological polar surface area (TPSA) is 58.6 Å². The van der Waals surface area contributed by atoms with Gasteiger partial charge in [0.15, 0.2) is 0 Å². The van der Waals surface area contributed by atoms with E-state index in [1.807, 2.05) is 0 Å². The molecule has 0 aliphatic carbocycles. The quantitative estimate of drug-likeness (QED) is 0.921. The standard InChI is InChI=1S/C14H16Cl2N2O3/c1-9(19)18-2-3-21-13(8-18)7-17-14(20)10-4-11(15)6-12(16)5-10/h4-6,13H,2-3,7-8H2,1H3,(H,17,20)/t13-/m0/s1. The lowest BCUT2D eigenvalue weighted by Gasteiger charge is -2.32. The number of ether oxygens (including phenoxy) is 1. The van der Waals surface area contributed by atoms with E-state index in [4.69, 9.17) is 27.9 Å². The summed E-state index contributed by atoms with van der Waals surface area (Å²) >= 11 is 11.7. The molecule has 0 spiro atoms. The third kappa shape index (κ3) is 4.59. The zero-order valence-electron chi connectivity index (χ0n) is 11.6. The summed E-state index contributed by atoms with van der Waals surface area (Å²) in [6, 6.07) is 4.66. The van der Waals surface area contributed by atoms with Crippen molar-refractivity contribution in [1.82, 2.24) is 10.2 Å². The van der Waals surface area contributed by atoms with Crippen molar-refractivity contribution in [3.05, 3.63) is 33.8 Å². The minimum absolute atomic E-state index is 0.0104. The lowest BCUT2D eigenvalue weighted by molar-refractivity contribution is -0.136. The molecule has 2 rings (SSSR count). The number of nitrogens with zero attached hydrogens (tertiary/aromatic N) is 1. The fourth-order valence-corrected chi connectivity index (χ4v) is 2.65. The van der Waals surface area contributed by atoms with Crippen LogP contribution in [0.25, 0.3) is 0 Å². The zero-order chi connectivity index (χ0) is 15.4. The van der Waals surface area contributed by atoms with Crippen LogP contribution < -0.4 is 5.32 Å². The van der Waals surface area contributed by atoms with Crippen molar-refractivity contribution in [2.45, 2.75) is 13.0 Å². The van der Waals surface area contributed by atoms with E-state index < -0.39 is 0 Å². The molecule has 1 aromatic rings. The van der Waals surface area contributed by atoms with Crippen LogP contribution in [0.5, 0.6) is 0 Å². The number of amides is 2. The van der Waals surface area contributed by atoms with Crippen molar-refractivity contribution in [1.29, 1.82) is 0 Å². The van der Waals surface area contributed by atoms with Crippen molar-refractivity contribution < 1.29 is 14.3 Å². The van der Waals surface area contributed by atoms with Crippen molar-refractivity contribution >= 4 is 35.0 Å². The fraction of sp³-hybridized carbons (Fsp3) is 0.429. The average Bonchev–Trinajstić information content (AvgIpc) is 2.44. The number of rotatable bonds is 3. The summed E-state index contributed by atoms with van der Waals surface area (Å²) in [4.78, 5) is 25.1. The summed E-state index contributed by atoms with van der Waals surface area (Å²) in [5.74, 6) is -0.265. The van der Waals surface area contributed by atoms with E-state index in [1.54, 1.807) is 23.1 Å². The van der Waals surface area contributed by atoms with E-state index in [0.717, 1.165) is 0 Å². The molecular formula is C14H16Cl2N2O3. The van der Waals surface area contributed by atoms with E-state index in [-0.39, 0.29) is 17.9 Å². The van der Waals surface area contributed by atoms with Crippen molar-refractivity contribution in [3.63, 3.8) is 0 Å². The van der Waals surface area contributed by atoms with Crippen LogP contribution in [-0.4, -0.2) is 49.1 Å². The minimum Gasteiger partial charge on any atom is -0.373 e. The first-order valence-corrected chi connectivity index (χ1v) is 7.32. The molecule has 1 fully saturated rings. The molecule has 0 unspecified atom stereocenters. The van der Waals surface area contributed by atoms with Crippen LogP contribution in [0.2, 0.25) is 10.0 Å². The van der Waals surface area contributed by atoms with Gasteiger partial charge in [-0.3, -0.25) is 9.59 Å². The second kappa shape index (κ2) is 7.11. The molecule has 0 aromatic heterocycles. The lowest BCUT2D eigenvalue weighted by Crippen LogP contribution is -2.49. The van der Waals surface area contributed by atoms with Crippen LogP contribution >= 0.6 is 23.2 Å². The van der Waals surface area contributed by atoms with Gasteiger partial charge in [-0.05, 0) is 18.2 Å². The van der Waals surface area contributed by atoms with Crippen LogP contribution in [0.1, 0.15) is 17.3 Å². The highest BCUT2D eigenvalue weighted by Crippen LogP contribution is 2.19. The number of halogens is 2. The van der Waals surface area contributed by atoms with Crippen LogP contribution in [0.4, 0.5) is 0 Å². The average molecular weight is 331 g/mol. The summed E-state index contributed by atoms with van der Waals surface area (Å²) in [6.45, 7) is 3.39. The molecule has 1 aliphatic rings. The molecule has 1 heterocycles. The Balaban J connectivity index is 1.90. The van der Waals surface area contributed by atoms with Crippen molar-refractivity contribution in [2.24, 2.45) is 0 Å². The summed E-state index contributed by atoms with van der Waals surface area (Å²) in [6.07, 6.45) is -0.207. The summed E-state index contributed by atoms with van der Waals surface area (Å²) < 4.78 is 5.53. The molecule has 1 aliphatic heterocycles. The SMILES string of the molecule is CC(=O)N1CCO[C@@H](CNC(=O)c2cc(Cl)cc(Cl)c2)C1. The van der Waals surface area contributed by atoms with Crippen LogP contribution in [0.15, 0.2) is 18.2 Å². The number of nitrogens with one attached hydrogen (secondary N) is 1. The molecule has 21 heavy (non-hydrogen) atoms. The molecule has 7 heteroatoms. The Morgan fingerprint density at radius 1 is 1.33 bits per heavy atom. The molecule has 114 valence electrons. The molecule has 1 atom stereocenters. The number of benzene rings is 1. The Morgan fingerprint density at radius 2 is 2.00 bits per heavy atom. The number of hydrogen-bond donors (Lipinski definition) is 1. The molecule has 5 nitrogen and oxygen atoms in total. The highest BCUT2D eigenvalue weighted by Gasteiger charge is 2.22. The molecule has 0 saturated carbocycles. The van der Waals surface area contributed by atoms with Gasteiger partial charge < -0.3 is 15.0 Å². The van der Waals surface area contributed by atoms with Gasteiger partial charge in [-0.25, -0.2) is 0 Å². The smallest absolute Gasteiger partial charge is 0.251 e. The van der Waals surface area contributed by atoms with E-state index in [9.17, 15) is 9.59 Å². The summed E-state index contributed by atoms with van der Waals surface area (Å²) in [5.41, 5.74) is 0.395. The molecule has 0 radical (unpaired) electrons. The van der Waals surface area contributed by atoms with Gasteiger partial charge in [-0.15, -0.1) is 0 Å². The second-order valence-corrected chi connectivity index (χ2v) is 5.70. The first-order valence-electron chi connectivity index (χ1n) is 6.57. The largest absolute Gasteiger partial charge is 0.373 e. The Morgan fingerprint density at radius 3 is 2.62 bits per heavy atom. The Bertz CT molecular complexity index is 531. The van der Waals surface area contributed by atoms with E-state index in [2.05, 4.69) is 5.32 Å². The van der Waals surface area contributed by atoms with Gasteiger partial charge in [-0.2, -0.15) is 0 Å². The van der Waals surface area contributed by atoms with Gasteiger partial charge in [0, 0.05) is 42.2 Å². The molecule has 1 N–H and O–H groups in total. The van der Waals surface area contributed by atoms with Gasteiger partial charge in [-0.1, -0.05) is 23.2 Å². The predicted molar refractivity (Wildman–Crippen MR) is 80.8 cm³/mol. The number of morpholine rings is 1. The normalized spacial score (nSPS) is 18.4. The first-order chi connectivity index (χ1) is 9.95. The third-order valence-electron chi connectivity index (χ3n) is 3.20. The van der Waals surface area contributed by atoms with Gasteiger partial charge in [0.25, 0.3) is 5.91 Å². The highest BCUT2D eigenvalue weighted by atomic mass is 35.5. The Labute approximate surface area is 133 Å². The van der Waals surface area contributed by atoms with Gasteiger partial charge >= 0.3 is 0 Å². The molecule has 2 amide bonds. The lowest BCUT2D eigenvalue weighted by atomic mass is 10.2. The monoisotopic (exact) mass is 330 g/mol. The fourth-order valence-electron chi connectivity index (χ4n) is 2.12. The van der Waals surface area contributed by atoms with Crippen LogP contribution in [0, 0.1) is 0 Å². The predicted octanol–water partition coefficient (Wildman–Crippen LogP) is 1.97. The highest BCUT2D eigenvalue weighted by molar-refractivity contribution is 6.35. The van der Waals surface area contributed by atoms with Gasteiger partial charge in [0.2, 0.25) is 5.91 Å². The van der Waals surface area contributed by atoms with Crippen molar-refractivity contribution in [3.8, 4) is 0 Å². The second-order valence-electron chi connectivity index (χ2n) is 4.83. The summed E-state index contributed by atoms with van der Waals surface area (Å²) in [7, 11) is 0. The van der Waals surface area contributed by atoms with Crippen molar-refractivity contribution in [2.75, 3.05) is 26.2 Å². The molecule has 1 saturated heterocycles. The number of hydrogen-bond acceptors (Lipinski definition) is 3. The van der Waals surface area contributed by atoms with Gasteiger partial charge in [0.05, 0.1) is 12.7 Å². The van der Waals surface area contributed by atoms with Gasteiger partial charge in [0.1, 0.15) is 0 Å². The number of carbonyl (C=O) groups excluding carboxylic acids is 2. The first kappa shape index (κ1) is 16.1. The van der Waals surface area contributed by atoms with Crippen LogP contribution in [-0.2, 0) is 9.53 Å². The maximum atomic E-state index is 12.0. The molecule has 1 aromatic carbocycles. The van der Waals surface area contributed by atoms with Crippen LogP contribution in [0.3, 0.4) is 0 Å². The summed E-state index contributed by atoms with van der Waals surface area (Å²) in [5, 5.41) is 3.58. The Hall–Kier alpha value is -1.30. The van der Waals surface area contributed by atoms with E-state index in [1.165, 1.54) is 6.92 Å². The molecule has 0 bridgehead atoms. The zero-order valence-corrected chi connectivity index (χ0v) is 13.1. The van der Waals surface area contributed by atoms with E-state index in [0.29, 0.717) is 41.8 Å². The maximum Gasteiger partial charge on any atom is 0.251 e. The Kier molecular flexibility index (Phi) is 5.45. The number of carbonyl (C=O) groups is 2. The third-order valence-corrected chi connectivity index (χ3v) is 3.64. The maximum absolute atomic E-state index is 12.0. The molecular weight excluding hydrogens is 315 g/mol. The van der Waals surface area contributed by atoms with E-state index >= 15 is 0 Å².